The standard InChI is InChI=1S/C13H25NO2/c1-11(2)12-6-8-14(9-7-12)13(16)5-3-4-10-15/h11-12,15H,3-10H2,1-2H3. The Morgan fingerprint density at radius 3 is 2.44 bits per heavy atom. The van der Waals surface area contributed by atoms with Crippen LogP contribution in [0, 0.1) is 11.8 Å². The summed E-state index contributed by atoms with van der Waals surface area (Å²) in [5.74, 6) is 1.81. The highest BCUT2D eigenvalue weighted by Gasteiger charge is 2.23. The Bertz CT molecular complexity index is 208. The van der Waals surface area contributed by atoms with Crippen LogP contribution in [-0.2, 0) is 4.79 Å². The van der Waals surface area contributed by atoms with Gasteiger partial charge >= 0.3 is 0 Å². The SMILES string of the molecule is CC(C)C1CCN(C(=O)CCCCO)CC1. The Balaban J connectivity index is 2.22. The Morgan fingerprint density at radius 2 is 1.94 bits per heavy atom. The highest BCUT2D eigenvalue weighted by molar-refractivity contribution is 5.76. The average Bonchev–Trinajstić information content (AvgIpc) is 2.29. The predicted octanol–water partition coefficient (Wildman–Crippen LogP) is 2.04. The van der Waals surface area contributed by atoms with Crippen LogP contribution in [0.1, 0.15) is 46.0 Å². The van der Waals surface area contributed by atoms with Gasteiger partial charge in [0.15, 0.2) is 0 Å². The Labute approximate surface area is 98.8 Å². The fourth-order valence-electron chi connectivity index (χ4n) is 2.36. The van der Waals surface area contributed by atoms with E-state index in [0.29, 0.717) is 6.42 Å². The molecule has 16 heavy (non-hydrogen) atoms. The molecule has 0 aromatic rings. The molecule has 1 N–H and O–H groups in total. The third-order valence-electron chi connectivity index (χ3n) is 3.63. The summed E-state index contributed by atoms with van der Waals surface area (Å²) in [6.07, 6.45) is 4.48. The van der Waals surface area contributed by atoms with Crippen molar-refractivity contribution >= 4 is 5.91 Å². The Kier molecular flexibility index (Phi) is 5.81. The molecule has 1 aliphatic rings. The van der Waals surface area contributed by atoms with Gasteiger partial charge in [-0.25, -0.2) is 0 Å². The lowest BCUT2D eigenvalue weighted by atomic mass is 9.86. The molecule has 1 aliphatic heterocycles. The largest absolute Gasteiger partial charge is 0.396 e. The third-order valence-corrected chi connectivity index (χ3v) is 3.63. The van der Waals surface area contributed by atoms with E-state index >= 15 is 0 Å². The van der Waals surface area contributed by atoms with Gasteiger partial charge in [-0.2, -0.15) is 0 Å². The number of rotatable bonds is 5. The summed E-state index contributed by atoms with van der Waals surface area (Å²) in [6.45, 7) is 6.59. The molecule has 94 valence electrons. The molecule has 1 heterocycles. The lowest BCUT2D eigenvalue weighted by molar-refractivity contribution is -0.132. The molecule has 1 rings (SSSR count). The fraction of sp³-hybridized carbons (Fsp3) is 0.923. The van der Waals surface area contributed by atoms with Crippen molar-refractivity contribution in [1.29, 1.82) is 0 Å². The molecular weight excluding hydrogens is 202 g/mol. The van der Waals surface area contributed by atoms with Gasteiger partial charge in [0.25, 0.3) is 0 Å². The van der Waals surface area contributed by atoms with Gasteiger partial charge in [-0.3, -0.25) is 4.79 Å². The van der Waals surface area contributed by atoms with Crippen LogP contribution < -0.4 is 0 Å². The molecule has 0 spiro atoms. The van der Waals surface area contributed by atoms with Crippen molar-refractivity contribution in [1.82, 2.24) is 4.90 Å². The van der Waals surface area contributed by atoms with Gasteiger partial charge in [0.2, 0.25) is 5.91 Å². The molecular formula is C13H25NO2. The van der Waals surface area contributed by atoms with Crippen molar-refractivity contribution in [3.63, 3.8) is 0 Å². The zero-order chi connectivity index (χ0) is 12.0. The summed E-state index contributed by atoms with van der Waals surface area (Å²) >= 11 is 0. The first kappa shape index (κ1) is 13.5. The fourth-order valence-corrected chi connectivity index (χ4v) is 2.36. The molecule has 0 aliphatic carbocycles. The van der Waals surface area contributed by atoms with Crippen LogP contribution in [0.25, 0.3) is 0 Å². The van der Waals surface area contributed by atoms with Crippen LogP contribution in [-0.4, -0.2) is 35.6 Å². The van der Waals surface area contributed by atoms with E-state index in [4.69, 9.17) is 5.11 Å². The van der Waals surface area contributed by atoms with E-state index in [1.165, 1.54) is 0 Å². The van der Waals surface area contributed by atoms with Gasteiger partial charge in [0.05, 0.1) is 0 Å². The molecule has 1 saturated heterocycles. The van der Waals surface area contributed by atoms with E-state index in [-0.39, 0.29) is 12.5 Å². The molecule has 1 amide bonds. The minimum absolute atomic E-state index is 0.197. The quantitative estimate of drug-likeness (QED) is 0.730. The van der Waals surface area contributed by atoms with E-state index in [1.54, 1.807) is 0 Å². The van der Waals surface area contributed by atoms with E-state index in [9.17, 15) is 4.79 Å². The van der Waals surface area contributed by atoms with E-state index in [0.717, 1.165) is 50.6 Å². The maximum absolute atomic E-state index is 11.8. The zero-order valence-electron chi connectivity index (χ0n) is 10.6. The first-order valence-electron chi connectivity index (χ1n) is 6.53. The number of aliphatic hydroxyl groups excluding tert-OH is 1. The molecule has 1 fully saturated rings. The molecule has 0 saturated carbocycles. The van der Waals surface area contributed by atoms with Crippen LogP contribution in [0.2, 0.25) is 0 Å². The van der Waals surface area contributed by atoms with Gasteiger partial charge in [-0.15, -0.1) is 0 Å². The summed E-state index contributed by atoms with van der Waals surface area (Å²) in [5.41, 5.74) is 0. The smallest absolute Gasteiger partial charge is 0.222 e. The number of likely N-dealkylation sites (tertiary alicyclic amines) is 1. The first-order valence-corrected chi connectivity index (χ1v) is 6.53. The maximum Gasteiger partial charge on any atom is 0.222 e. The first-order chi connectivity index (χ1) is 7.65. The van der Waals surface area contributed by atoms with Crippen molar-refractivity contribution < 1.29 is 9.90 Å². The highest BCUT2D eigenvalue weighted by atomic mass is 16.3. The van der Waals surface area contributed by atoms with E-state index in [1.807, 2.05) is 4.90 Å². The van der Waals surface area contributed by atoms with Gasteiger partial charge in [0, 0.05) is 26.1 Å². The maximum atomic E-state index is 11.8. The molecule has 0 unspecified atom stereocenters. The van der Waals surface area contributed by atoms with Crippen LogP contribution in [0.3, 0.4) is 0 Å². The molecule has 3 heteroatoms. The van der Waals surface area contributed by atoms with E-state index in [2.05, 4.69) is 13.8 Å². The second kappa shape index (κ2) is 6.89. The lowest BCUT2D eigenvalue weighted by Crippen LogP contribution is -2.39. The Hall–Kier alpha value is -0.570. The summed E-state index contributed by atoms with van der Waals surface area (Å²) in [7, 11) is 0. The van der Waals surface area contributed by atoms with Crippen LogP contribution in [0.5, 0.6) is 0 Å². The monoisotopic (exact) mass is 227 g/mol. The van der Waals surface area contributed by atoms with Crippen molar-refractivity contribution in [3.05, 3.63) is 0 Å². The Morgan fingerprint density at radius 1 is 1.31 bits per heavy atom. The second-order valence-electron chi connectivity index (χ2n) is 5.14. The van der Waals surface area contributed by atoms with Crippen molar-refractivity contribution in [2.24, 2.45) is 11.8 Å². The van der Waals surface area contributed by atoms with Gasteiger partial charge in [0.1, 0.15) is 0 Å². The summed E-state index contributed by atoms with van der Waals surface area (Å²) in [6, 6.07) is 0. The number of piperidine rings is 1. The van der Waals surface area contributed by atoms with Crippen LogP contribution in [0.4, 0.5) is 0 Å². The number of hydrogen-bond acceptors (Lipinski definition) is 2. The number of unbranched alkanes of at least 4 members (excludes halogenated alkanes) is 1. The number of carbonyl (C=O) groups is 1. The van der Waals surface area contributed by atoms with Crippen molar-refractivity contribution in [2.45, 2.75) is 46.0 Å². The van der Waals surface area contributed by atoms with Crippen molar-refractivity contribution in [2.75, 3.05) is 19.7 Å². The topological polar surface area (TPSA) is 40.5 Å². The van der Waals surface area contributed by atoms with E-state index < -0.39 is 0 Å². The molecule has 0 aromatic carbocycles. The average molecular weight is 227 g/mol. The second-order valence-corrected chi connectivity index (χ2v) is 5.14. The highest BCUT2D eigenvalue weighted by Crippen LogP contribution is 2.24. The molecule has 0 atom stereocenters. The molecule has 3 nitrogen and oxygen atoms in total. The minimum atomic E-state index is 0.197. The molecule has 0 aromatic heterocycles. The number of nitrogens with zero attached hydrogens (tertiary/aromatic N) is 1. The lowest BCUT2D eigenvalue weighted by Gasteiger charge is -2.34. The summed E-state index contributed by atoms with van der Waals surface area (Å²) in [4.78, 5) is 13.8. The third kappa shape index (κ3) is 4.12. The van der Waals surface area contributed by atoms with Crippen molar-refractivity contribution in [3.8, 4) is 0 Å². The van der Waals surface area contributed by atoms with Gasteiger partial charge < -0.3 is 10.0 Å². The predicted molar refractivity (Wildman–Crippen MR) is 65.1 cm³/mol. The zero-order valence-corrected chi connectivity index (χ0v) is 10.6. The summed E-state index contributed by atoms with van der Waals surface area (Å²) in [5, 5.41) is 8.66. The van der Waals surface area contributed by atoms with Gasteiger partial charge in [-0.1, -0.05) is 13.8 Å². The minimum Gasteiger partial charge on any atom is -0.396 e. The molecule has 0 bridgehead atoms. The molecule has 0 radical (unpaired) electrons. The van der Waals surface area contributed by atoms with Crippen LogP contribution >= 0.6 is 0 Å². The number of hydrogen-bond donors (Lipinski definition) is 1. The summed E-state index contributed by atoms with van der Waals surface area (Å²) < 4.78 is 0. The number of carbonyl (C=O) groups excluding carboxylic acids is 1. The van der Waals surface area contributed by atoms with Gasteiger partial charge in [-0.05, 0) is 37.5 Å². The van der Waals surface area contributed by atoms with Crippen LogP contribution in [0.15, 0.2) is 0 Å². The number of amides is 1. The normalized spacial score (nSPS) is 18.1. The number of aliphatic hydroxyl groups is 1.